The number of anilines is 1. The Labute approximate surface area is 163 Å². The summed E-state index contributed by atoms with van der Waals surface area (Å²) in [6.45, 7) is 1.66. The number of amides is 1. The van der Waals surface area contributed by atoms with Gasteiger partial charge in [0, 0.05) is 29.4 Å². The van der Waals surface area contributed by atoms with Gasteiger partial charge < -0.3 is 4.90 Å². The van der Waals surface area contributed by atoms with Crippen molar-refractivity contribution in [3.05, 3.63) is 100 Å². The third-order valence-corrected chi connectivity index (χ3v) is 4.81. The molecule has 0 aliphatic carbocycles. The Morgan fingerprint density at radius 1 is 0.963 bits per heavy atom. The molecule has 1 amide bonds. The van der Waals surface area contributed by atoms with Crippen LogP contribution in [0.2, 0.25) is 5.02 Å². The molecule has 0 saturated heterocycles. The van der Waals surface area contributed by atoms with Crippen molar-refractivity contribution in [1.29, 1.82) is 0 Å². The summed E-state index contributed by atoms with van der Waals surface area (Å²) in [4.78, 5) is 14.7. The van der Waals surface area contributed by atoms with E-state index in [-0.39, 0.29) is 5.91 Å². The van der Waals surface area contributed by atoms with Gasteiger partial charge in [0.15, 0.2) is 0 Å². The molecule has 1 heterocycles. The molecule has 0 spiro atoms. The van der Waals surface area contributed by atoms with Gasteiger partial charge in [-0.2, -0.15) is 5.10 Å². The highest BCUT2D eigenvalue weighted by molar-refractivity contribution is 6.30. The highest BCUT2D eigenvalue weighted by Crippen LogP contribution is 2.28. The lowest BCUT2D eigenvalue weighted by atomic mass is 10.1. The van der Waals surface area contributed by atoms with E-state index in [2.05, 4.69) is 27.6 Å². The standard InChI is InChI=1S/C22H18ClN3O/c23-20-10-6-16(7-11-20)13-24-25-22(27)17-8-9-18-14-26(15-19(18)12-17)21-4-2-1-3-5-21/h1-13H,14-15H2,(H,25,27)/b24-13-. The number of halogens is 1. The third kappa shape index (κ3) is 4.01. The lowest BCUT2D eigenvalue weighted by Gasteiger charge is -2.17. The van der Waals surface area contributed by atoms with E-state index in [1.54, 1.807) is 18.3 Å². The monoisotopic (exact) mass is 375 g/mol. The van der Waals surface area contributed by atoms with Crippen molar-refractivity contribution in [2.45, 2.75) is 13.1 Å². The van der Waals surface area contributed by atoms with Crippen molar-refractivity contribution in [1.82, 2.24) is 5.43 Å². The first-order valence-electron chi connectivity index (χ1n) is 8.70. The molecule has 0 aromatic heterocycles. The van der Waals surface area contributed by atoms with E-state index in [0.29, 0.717) is 10.6 Å². The maximum atomic E-state index is 12.4. The van der Waals surface area contributed by atoms with Gasteiger partial charge >= 0.3 is 0 Å². The van der Waals surface area contributed by atoms with Crippen LogP contribution in [0.5, 0.6) is 0 Å². The predicted octanol–water partition coefficient (Wildman–Crippen LogP) is 4.62. The predicted molar refractivity (Wildman–Crippen MR) is 109 cm³/mol. The smallest absolute Gasteiger partial charge is 0.271 e. The van der Waals surface area contributed by atoms with Crippen molar-refractivity contribution in [3.8, 4) is 0 Å². The van der Waals surface area contributed by atoms with Crippen LogP contribution < -0.4 is 10.3 Å². The topological polar surface area (TPSA) is 44.7 Å². The maximum absolute atomic E-state index is 12.4. The van der Waals surface area contributed by atoms with Crippen LogP contribution in [-0.2, 0) is 13.1 Å². The second-order valence-electron chi connectivity index (χ2n) is 6.43. The van der Waals surface area contributed by atoms with E-state index in [4.69, 9.17) is 11.6 Å². The van der Waals surface area contributed by atoms with Gasteiger partial charge in [0.2, 0.25) is 0 Å². The minimum atomic E-state index is -0.221. The fourth-order valence-corrected chi connectivity index (χ4v) is 3.26. The summed E-state index contributed by atoms with van der Waals surface area (Å²) in [6, 6.07) is 23.4. The Morgan fingerprint density at radius 3 is 2.48 bits per heavy atom. The Morgan fingerprint density at radius 2 is 1.70 bits per heavy atom. The van der Waals surface area contributed by atoms with Crippen LogP contribution in [0.1, 0.15) is 27.0 Å². The first-order chi connectivity index (χ1) is 13.2. The van der Waals surface area contributed by atoms with Gasteiger partial charge in [0.05, 0.1) is 6.21 Å². The van der Waals surface area contributed by atoms with E-state index in [0.717, 1.165) is 18.7 Å². The number of rotatable bonds is 4. The average molecular weight is 376 g/mol. The SMILES string of the molecule is O=C(N/N=C\c1ccc(Cl)cc1)c1ccc2c(c1)CN(c1ccccc1)C2. The molecule has 1 N–H and O–H groups in total. The molecular formula is C22H18ClN3O. The summed E-state index contributed by atoms with van der Waals surface area (Å²) >= 11 is 5.85. The summed E-state index contributed by atoms with van der Waals surface area (Å²) in [7, 11) is 0. The molecule has 0 radical (unpaired) electrons. The van der Waals surface area contributed by atoms with Crippen LogP contribution in [0.3, 0.4) is 0 Å². The number of para-hydroxylation sites is 1. The number of nitrogens with zero attached hydrogens (tertiary/aromatic N) is 2. The van der Waals surface area contributed by atoms with Gasteiger partial charge in [-0.15, -0.1) is 0 Å². The molecule has 1 aliphatic rings. The van der Waals surface area contributed by atoms with Crippen LogP contribution in [-0.4, -0.2) is 12.1 Å². The van der Waals surface area contributed by atoms with Crippen molar-refractivity contribution < 1.29 is 4.79 Å². The second-order valence-corrected chi connectivity index (χ2v) is 6.86. The molecule has 0 saturated carbocycles. The Balaban J connectivity index is 1.42. The van der Waals surface area contributed by atoms with E-state index in [9.17, 15) is 4.79 Å². The minimum Gasteiger partial charge on any atom is -0.363 e. The molecule has 0 fully saturated rings. The first-order valence-corrected chi connectivity index (χ1v) is 9.07. The average Bonchev–Trinajstić information content (AvgIpc) is 3.13. The van der Waals surface area contributed by atoms with Gasteiger partial charge in [-0.05, 0) is 53.1 Å². The molecule has 27 heavy (non-hydrogen) atoms. The molecule has 0 unspecified atom stereocenters. The maximum Gasteiger partial charge on any atom is 0.271 e. The van der Waals surface area contributed by atoms with Crippen LogP contribution in [0, 0.1) is 0 Å². The van der Waals surface area contributed by atoms with Gasteiger partial charge in [-0.1, -0.05) is 48.0 Å². The fraction of sp³-hybridized carbons (Fsp3) is 0.0909. The number of hydrazone groups is 1. The molecule has 5 heteroatoms. The summed E-state index contributed by atoms with van der Waals surface area (Å²) in [5, 5.41) is 4.69. The minimum absolute atomic E-state index is 0.221. The van der Waals surface area contributed by atoms with Crippen LogP contribution in [0.25, 0.3) is 0 Å². The van der Waals surface area contributed by atoms with Crippen molar-refractivity contribution in [3.63, 3.8) is 0 Å². The number of hydrogen-bond donors (Lipinski definition) is 1. The second kappa shape index (κ2) is 7.64. The highest BCUT2D eigenvalue weighted by atomic mass is 35.5. The van der Waals surface area contributed by atoms with E-state index < -0.39 is 0 Å². The van der Waals surface area contributed by atoms with Gasteiger partial charge in [-0.3, -0.25) is 4.79 Å². The Hall–Kier alpha value is -3.11. The zero-order valence-corrected chi connectivity index (χ0v) is 15.4. The summed E-state index contributed by atoms with van der Waals surface area (Å²) in [5.41, 5.74) is 7.67. The fourth-order valence-electron chi connectivity index (χ4n) is 3.14. The van der Waals surface area contributed by atoms with E-state index in [1.807, 2.05) is 48.5 Å². The lowest BCUT2D eigenvalue weighted by molar-refractivity contribution is 0.0955. The molecule has 134 valence electrons. The number of nitrogens with one attached hydrogen (secondary N) is 1. The molecule has 1 aliphatic heterocycles. The van der Waals surface area contributed by atoms with Gasteiger partial charge in [-0.25, -0.2) is 5.43 Å². The molecular weight excluding hydrogens is 358 g/mol. The zero-order chi connectivity index (χ0) is 18.6. The van der Waals surface area contributed by atoms with Crippen LogP contribution in [0.4, 0.5) is 5.69 Å². The number of fused-ring (bicyclic) bond motifs is 1. The quantitative estimate of drug-likeness (QED) is 0.534. The summed E-state index contributed by atoms with van der Waals surface area (Å²) in [6.07, 6.45) is 1.60. The molecule has 3 aromatic rings. The van der Waals surface area contributed by atoms with E-state index >= 15 is 0 Å². The zero-order valence-electron chi connectivity index (χ0n) is 14.6. The summed E-state index contributed by atoms with van der Waals surface area (Å²) < 4.78 is 0. The number of carbonyl (C=O) groups excluding carboxylic acids is 1. The van der Waals surface area contributed by atoms with Crippen LogP contribution in [0.15, 0.2) is 77.9 Å². The van der Waals surface area contributed by atoms with Crippen LogP contribution >= 0.6 is 11.6 Å². The van der Waals surface area contributed by atoms with Gasteiger partial charge in [0.1, 0.15) is 0 Å². The summed E-state index contributed by atoms with van der Waals surface area (Å²) in [5.74, 6) is -0.221. The molecule has 3 aromatic carbocycles. The van der Waals surface area contributed by atoms with E-state index in [1.165, 1.54) is 16.8 Å². The molecule has 4 nitrogen and oxygen atoms in total. The molecule has 0 atom stereocenters. The van der Waals surface area contributed by atoms with Crippen molar-refractivity contribution >= 4 is 29.4 Å². The lowest BCUT2D eigenvalue weighted by Crippen LogP contribution is -2.17. The highest BCUT2D eigenvalue weighted by Gasteiger charge is 2.20. The first kappa shape index (κ1) is 17.3. The van der Waals surface area contributed by atoms with Gasteiger partial charge in [0.25, 0.3) is 5.91 Å². The molecule has 4 rings (SSSR count). The largest absolute Gasteiger partial charge is 0.363 e. The number of carbonyl (C=O) groups is 1. The molecule has 0 bridgehead atoms. The Kier molecular flexibility index (Phi) is 4.90. The van der Waals surface area contributed by atoms with Crippen molar-refractivity contribution in [2.75, 3.05) is 4.90 Å². The van der Waals surface area contributed by atoms with Crippen molar-refractivity contribution in [2.24, 2.45) is 5.10 Å². The number of hydrogen-bond acceptors (Lipinski definition) is 3. The third-order valence-electron chi connectivity index (χ3n) is 4.56. The normalized spacial score (nSPS) is 13.0. The Bertz CT molecular complexity index is 984. The number of benzene rings is 3.